The topological polar surface area (TPSA) is 116 Å². The maximum absolute atomic E-state index is 11.1. The Morgan fingerprint density at radius 1 is 1.15 bits per heavy atom. The molecule has 7 heteroatoms. The third-order valence-electron chi connectivity index (χ3n) is 5.20. The van der Waals surface area contributed by atoms with E-state index >= 15 is 0 Å². The molecule has 1 saturated heterocycles. The van der Waals surface area contributed by atoms with Gasteiger partial charge in [0.25, 0.3) is 0 Å². The quantitative estimate of drug-likeness (QED) is 0.0919. The van der Waals surface area contributed by atoms with Gasteiger partial charge in [0, 0.05) is 30.7 Å². The molecular formula is C33H55N3O4. The number of aliphatic hydroxyl groups is 1. The number of nitrogens with one attached hydrogen (secondary N) is 1. The lowest BCUT2D eigenvalue weighted by molar-refractivity contribution is -0.118. The molecule has 0 aromatic heterocycles. The van der Waals surface area contributed by atoms with Crippen LogP contribution in [-0.2, 0) is 16.2 Å². The summed E-state index contributed by atoms with van der Waals surface area (Å²) in [4.78, 5) is 22.9. The Morgan fingerprint density at radius 3 is 2.02 bits per heavy atom. The molecule has 2 rings (SSSR count). The Balaban J connectivity index is -0.000000561. The number of anilines is 1. The van der Waals surface area contributed by atoms with E-state index in [1.54, 1.807) is 50.3 Å². The number of rotatable bonds is 9. The summed E-state index contributed by atoms with van der Waals surface area (Å²) < 4.78 is 0. The molecular weight excluding hydrogens is 502 g/mol. The number of Topliss-reactive ketones (excluding diaryl/α,β-unsaturated/α-hetero) is 1. The lowest BCUT2D eigenvalue weighted by atomic mass is 10.0. The number of allylic oxidation sites excluding steroid dienone is 7. The molecule has 1 aromatic rings. The summed E-state index contributed by atoms with van der Waals surface area (Å²) in [6.45, 7) is 22.2. The predicted molar refractivity (Wildman–Crippen MR) is 173 cm³/mol. The Kier molecular flexibility index (Phi) is 29.6. The molecule has 0 spiro atoms. The number of likely N-dealkylation sites (tertiary alicyclic amines) is 1. The Bertz CT molecular complexity index is 887. The Hall–Kier alpha value is -3.26. The van der Waals surface area contributed by atoms with Crippen LogP contribution >= 0.6 is 0 Å². The summed E-state index contributed by atoms with van der Waals surface area (Å²) in [7, 11) is 0. The van der Waals surface area contributed by atoms with Crippen molar-refractivity contribution in [3.05, 3.63) is 85.0 Å². The number of benzene rings is 1. The third kappa shape index (κ3) is 23.8. The van der Waals surface area contributed by atoms with Gasteiger partial charge in [-0.15, -0.1) is 0 Å². The van der Waals surface area contributed by atoms with Gasteiger partial charge in [-0.2, -0.15) is 0 Å². The summed E-state index contributed by atoms with van der Waals surface area (Å²) in [6, 6.07) is 5.62. The van der Waals surface area contributed by atoms with Gasteiger partial charge in [-0.25, -0.2) is 0 Å². The zero-order valence-electron chi connectivity index (χ0n) is 25.9. The molecule has 0 aliphatic carbocycles. The van der Waals surface area contributed by atoms with Crippen LogP contribution in [-0.4, -0.2) is 58.9 Å². The van der Waals surface area contributed by atoms with Crippen LogP contribution in [0.15, 0.2) is 79.5 Å². The lowest BCUT2D eigenvalue weighted by Crippen LogP contribution is -2.41. The summed E-state index contributed by atoms with van der Waals surface area (Å²) in [6.07, 6.45) is 15.4. The number of para-hydroxylation sites is 1. The number of carbonyl (C=O) groups is 2. The number of hydrogen-bond acceptors (Lipinski definition) is 7. The normalized spacial score (nSPS) is 14.1. The molecule has 1 aliphatic rings. The number of nitrogens with zero attached hydrogens (tertiary/aromatic N) is 1. The zero-order chi connectivity index (χ0) is 31.3. The molecule has 226 valence electrons. The molecule has 0 amide bonds. The largest absolute Gasteiger partial charge is 0.506 e. The molecule has 7 nitrogen and oxygen atoms in total. The number of phenols is 1. The number of nitrogens with two attached hydrogens (primary N) is 1. The van der Waals surface area contributed by atoms with Crippen molar-refractivity contribution in [2.45, 2.75) is 80.0 Å². The summed E-state index contributed by atoms with van der Waals surface area (Å²) in [5.41, 5.74) is 7.43. The molecule has 1 atom stereocenters. The fourth-order valence-corrected chi connectivity index (χ4v) is 3.17. The second-order valence-electron chi connectivity index (χ2n) is 8.76. The predicted octanol–water partition coefficient (Wildman–Crippen LogP) is 6.35. The van der Waals surface area contributed by atoms with Crippen LogP contribution < -0.4 is 11.1 Å². The number of aldehydes is 1. The van der Waals surface area contributed by atoms with Crippen molar-refractivity contribution in [3.8, 4) is 5.75 Å². The first kappa shape index (κ1) is 41.2. The van der Waals surface area contributed by atoms with E-state index < -0.39 is 0 Å². The second-order valence-corrected chi connectivity index (χ2v) is 8.76. The van der Waals surface area contributed by atoms with E-state index in [0.717, 1.165) is 37.8 Å². The molecule has 1 aromatic carbocycles. The number of ketones is 1. The Morgan fingerprint density at radius 2 is 1.70 bits per heavy atom. The van der Waals surface area contributed by atoms with E-state index in [0.29, 0.717) is 17.8 Å². The average molecular weight is 558 g/mol. The monoisotopic (exact) mass is 557 g/mol. The highest BCUT2D eigenvalue weighted by molar-refractivity contribution is 5.77. The highest BCUT2D eigenvalue weighted by Crippen LogP contribution is 2.29. The van der Waals surface area contributed by atoms with Gasteiger partial charge >= 0.3 is 0 Å². The molecule has 0 radical (unpaired) electrons. The van der Waals surface area contributed by atoms with Crippen LogP contribution in [0.2, 0.25) is 0 Å². The smallest absolute Gasteiger partial charge is 0.145 e. The van der Waals surface area contributed by atoms with Gasteiger partial charge in [-0.3, -0.25) is 14.5 Å². The third-order valence-corrected chi connectivity index (χ3v) is 5.20. The highest BCUT2D eigenvalue weighted by Gasteiger charge is 2.21. The summed E-state index contributed by atoms with van der Waals surface area (Å²) in [5, 5.41) is 22.5. The molecule has 40 heavy (non-hydrogen) atoms. The van der Waals surface area contributed by atoms with Crippen molar-refractivity contribution < 1.29 is 19.8 Å². The fraction of sp³-hybridized carbons (Fsp3) is 0.455. The molecule has 1 aliphatic heterocycles. The number of hydrogen-bond donors (Lipinski definition) is 4. The van der Waals surface area contributed by atoms with Gasteiger partial charge in [-0.05, 0) is 59.1 Å². The van der Waals surface area contributed by atoms with E-state index in [9.17, 15) is 19.8 Å². The maximum atomic E-state index is 11.1. The van der Waals surface area contributed by atoms with E-state index in [2.05, 4.69) is 23.4 Å². The van der Waals surface area contributed by atoms with Crippen molar-refractivity contribution in [1.82, 2.24) is 4.90 Å². The number of aromatic hydroxyl groups is 1. The van der Waals surface area contributed by atoms with Gasteiger partial charge in [0.2, 0.25) is 0 Å². The molecule has 1 unspecified atom stereocenters. The zero-order valence-corrected chi connectivity index (χ0v) is 25.9. The molecule has 1 heterocycles. The van der Waals surface area contributed by atoms with Crippen molar-refractivity contribution in [1.29, 1.82) is 0 Å². The SMILES string of the molecule is C/C=C(\C)C=O.C/C=C\C(C)N.C=C/C=C\C=C.CC.CC(=O)CN1CCC(Nc2c(O)cccc2CO)CC1. The van der Waals surface area contributed by atoms with Crippen LogP contribution in [0.4, 0.5) is 5.69 Å². The van der Waals surface area contributed by atoms with Gasteiger partial charge < -0.3 is 21.3 Å². The first-order valence-corrected chi connectivity index (χ1v) is 13.9. The van der Waals surface area contributed by atoms with Crippen LogP contribution in [0, 0.1) is 0 Å². The molecule has 0 bridgehead atoms. The number of carbonyl (C=O) groups excluding carboxylic acids is 2. The summed E-state index contributed by atoms with van der Waals surface area (Å²) >= 11 is 0. The molecule has 5 N–H and O–H groups in total. The minimum Gasteiger partial charge on any atom is -0.506 e. The van der Waals surface area contributed by atoms with Crippen LogP contribution in [0.1, 0.15) is 66.9 Å². The summed E-state index contributed by atoms with van der Waals surface area (Å²) in [5.74, 6) is 0.363. The minimum absolute atomic E-state index is 0.0973. The maximum Gasteiger partial charge on any atom is 0.145 e. The van der Waals surface area contributed by atoms with Crippen molar-refractivity contribution in [2.24, 2.45) is 5.73 Å². The number of piperidine rings is 1. The first-order chi connectivity index (χ1) is 19.1. The minimum atomic E-state index is -0.0973. The van der Waals surface area contributed by atoms with E-state index in [1.807, 2.05) is 58.9 Å². The van der Waals surface area contributed by atoms with E-state index in [1.165, 1.54) is 0 Å². The standard InChI is InChI=1S/C15H22N2O3.C6H8.C5H11N.C5H8O.C2H6/c1-11(19)9-17-7-5-13(6-8-17)16-15-12(10-18)3-2-4-14(15)20;1-3-5-6-4-2;1-3-4-5(2)6;1-3-5(2)4-6;1-2/h2-4,13,16,18,20H,5-10H2,1H3;3-6H,1-2H2;3-5H,6H2,1-2H3;3-4H,1-2H3;1-2H3/b;6-5-;4-3-;5-3+;. The van der Waals surface area contributed by atoms with Crippen molar-refractivity contribution >= 4 is 17.8 Å². The van der Waals surface area contributed by atoms with Crippen molar-refractivity contribution in [2.75, 3.05) is 25.0 Å². The lowest BCUT2D eigenvalue weighted by Gasteiger charge is -2.32. The second kappa shape index (κ2) is 28.7. The van der Waals surface area contributed by atoms with E-state index in [-0.39, 0.29) is 30.2 Å². The molecule has 1 fully saturated rings. The first-order valence-electron chi connectivity index (χ1n) is 13.9. The fourth-order valence-electron chi connectivity index (χ4n) is 3.17. The Labute approximate surface area is 243 Å². The van der Waals surface area contributed by atoms with Gasteiger partial charge in [-0.1, -0.05) is 81.7 Å². The molecule has 0 saturated carbocycles. The van der Waals surface area contributed by atoms with Crippen LogP contribution in [0.3, 0.4) is 0 Å². The highest BCUT2D eigenvalue weighted by atomic mass is 16.3. The van der Waals surface area contributed by atoms with Gasteiger partial charge in [0.1, 0.15) is 17.8 Å². The van der Waals surface area contributed by atoms with Crippen LogP contribution in [0.25, 0.3) is 0 Å². The number of aliphatic hydroxyl groups excluding tert-OH is 1. The van der Waals surface area contributed by atoms with Crippen molar-refractivity contribution in [3.63, 3.8) is 0 Å². The average Bonchev–Trinajstić information content (AvgIpc) is 2.95. The van der Waals surface area contributed by atoms with Gasteiger partial charge in [0.15, 0.2) is 0 Å². The van der Waals surface area contributed by atoms with Crippen LogP contribution in [0.5, 0.6) is 5.75 Å². The van der Waals surface area contributed by atoms with Gasteiger partial charge in [0.05, 0.1) is 18.8 Å². The number of phenolic OH excluding ortho intramolecular Hbond substituents is 1. The van der Waals surface area contributed by atoms with E-state index in [4.69, 9.17) is 5.73 Å².